The number of carbonyl (C=O) groups excluding carboxylic acids is 1. The molecule has 206 valence electrons. The van der Waals surface area contributed by atoms with Crippen molar-refractivity contribution in [3.8, 4) is 28.7 Å². The number of phenolic OH excluding ortho intramolecular Hbond substituents is 3. The smallest absolute Gasteiger partial charge is 0.229 e. The molecule has 38 heavy (non-hydrogen) atoms. The Labute approximate surface area is 217 Å². The molecule has 2 aliphatic rings. The van der Waals surface area contributed by atoms with Crippen LogP contribution in [0.4, 0.5) is 0 Å². The molecule has 0 aromatic heterocycles. The van der Waals surface area contributed by atoms with Gasteiger partial charge in [0.05, 0.1) is 6.61 Å². The quantitative estimate of drug-likeness (QED) is 0.184. The van der Waals surface area contributed by atoms with E-state index in [9.17, 15) is 45.6 Å². The highest BCUT2D eigenvalue weighted by molar-refractivity contribution is 6.06. The number of phenols is 3. The molecule has 2 aromatic carbocycles. The van der Waals surface area contributed by atoms with E-state index in [0.717, 1.165) is 17.7 Å². The van der Waals surface area contributed by atoms with Gasteiger partial charge in [-0.25, -0.2) is 0 Å². The summed E-state index contributed by atoms with van der Waals surface area (Å²) in [5.41, 5.74) is 0.814. The van der Waals surface area contributed by atoms with Gasteiger partial charge in [0.1, 0.15) is 47.2 Å². The van der Waals surface area contributed by atoms with Gasteiger partial charge in [-0.15, -0.1) is 0 Å². The molecule has 7 atom stereocenters. The number of carbonyl (C=O) groups is 1. The molecule has 1 fully saturated rings. The zero-order valence-corrected chi connectivity index (χ0v) is 20.6. The Hall–Kier alpha value is -3.39. The number of allylic oxidation sites excluding steroid dienone is 2. The molecular formula is C26H30O12. The van der Waals surface area contributed by atoms with Gasteiger partial charge >= 0.3 is 0 Å². The minimum atomic E-state index is -1.76. The van der Waals surface area contributed by atoms with E-state index in [4.69, 9.17) is 14.2 Å². The van der Waals surface area contributed by atoms with E-state index < -0.39 is 72.6 Å². The number of rotatable bonds is 6. The van der Waals surface area contributed by atoms with Crippen molar-refractivity contribution < 1.29 is 59.9 Å². The van der Waals surface area contributed by atoms with Crippen LogP contribution < -0.4 is 9.47 Å². The molecule has 0 saturated carbocycles. The summed E-state index contributed by atoms with van der Waals surface area (Å²) in [7, 11) is 0. The molecule has 0 amide bonds. The maximum Gasteiger partial charge on any atom is 0.229 e. The summed E-state index contributed by atoms with van der Waals surface area (Å²) in [6, 6.07) is 4.88. The van der Waals surface area contributed by atoms with Crippen LogP contribution in [0.15, 0.2) is 35.9 Å². The van der Waals surface area contributed by atoms with Gasteiger partial charge in [0, 0.05) is 11.6 Å². The van der Waals surface area contributed by atoms with Crippen LogP contribution in [0.2, 0.25) is 0 Å². The molecule has 2 heterocycles. The summed E-state index contributed by atoms with van der Waals surface area (Å²) in [5, 5.41) is 81.4. The summed E-state index contributed by atoms with van der Waals surface area (Å²) in [6.07, 6.45) is -9.16. The summed E-state index contributed by atoms with van der Waals surface area (Å²) in [6.45, 7) is 2.94. The summed E-state index contributed by atoms with van der Waals surface area (Å²) in [4.78, 5) is 13.2. The topological polar surface area (TPSA) is 207 Å². The Kier molecular flexibility index (Phi) is 7.83. The molecular weight excluding hydrogens is 504 g/mol. The number of benzene rings is 2. The SMILES string of the molecule is CC(C)=CCc1c(O[C@H]2O[C@H](CO)[C@H](O)[C@@H](O)[C@H]2O)cc2c(c1O)C(=O)[C@@H](O)[C@H](c1ccc(O)c(O)c1)O2. The summed E-state index contributed by atoms with van der Waals surface area (Å²) in [5.74, 6) is -2.60. The molecule has 0 bridgehead atoms. The van der Waals surface area contributed by atoms with Gasteiger partial charge in [0.2, 0.25) is 12.1 Å². The Bertz CT molecular complexity index is 1240. The lowest BCUT2D eigenvalue weighted by atomic mass is 9.90. The van der Waals surface area contributed by atoms with E-state index in [2.05, 4.69) is 0 Å². The molecule has 1 saturated heterocycles. The molecule has 0 aliphatic carbocycles. The summed E-state index contributed by atoms with van der Waals surface area (Å²) < 4.78 is 17.1. The second-order valence-corrected chi connectivity index (χ2v) is 9.47. The predicted molar refractivity (Wildman–Crippen MR) is 129 cm³/mol. The number of fused-ring (bicyclic) bond motifs is 1. The van der Waals surface area contributed by atoms with E-state index in [1.165, 1.54) is 12.1 Å². The lowest BCUT2D eigenvalue weighted by Crippen LogP contribution is -2.60. The van der Waals surface area contributed by atoms with Crippen molar-refractivity contribution in [2.75, 3.05) is 6.61 Å². The zero-order valence-electron chi connectivity index (χ0n) is 20.6. The van der Waals surface area contributed by atoms with Gasteiger partial charge in [0.15, 0.2) is 23.7 Å². The largest absolute Gasteiger partial charge is 0.507 e. The highest BCUT2D eigenvalue weighted by atomic mass is 16.7. The Morgan fingerprint density at radius 3 is 2.34 bits per heavy atom. The predicted octanol–water partition coefficient (Wildman–Crippen LogP) is 0.168. The van der Waals surface area contributed by atoms with Gasteiger partial charge in [-0.3, -0.25) is 4.79 Å². The van der Waals surface area contributed by atoms with Crippen LogP contribution in [0.1, 0.15) is 41.4 Å². The molecule has 0 radical (unpaired) electrons. The van der Waals surface area contributed by atoms with Gasteiger partial charge in [0.25, 0.3) is 0 Å². The first kappa shape index (κ1) is 27.6. The second kappa shape index (κ2) is 10.8. The third-order valence-electron chi connectivity index (χ3n) is 6.52. The third-order valence-corrected chi connectivity index (χ3v) is 6.52. The van der Waals surface area contributed by atoms with E-state index in [1.54, 1.807) is 6.08 Å². The van der Waals surface area contributed by atoms with Gasteiger partial charge in [-0.2, -0.15) is 0 Å². The van der Waals surface area contributed by atoms with Crippen molar-refractivity contribution in [3.05, 3.63) is 52.6 Å². The Morgan fingerprint density at radius 2 is 1.71 bits per heavy atom. The van der Waals surface area contributed by atoms with E-state index >= 15 is 0 Å². The molecule has 4 rings (SSSR count). The fourth-order valence-electron chi connectivity index (χ4n) is 4.35. The molecule has 0 spiro atoms. The zero-order chi connectivity index (χ0) is 27.9. The number of ketones is 1. The van der Waals surface area contributed by atoms with Crippen molar-refractivity contribution >= 4 is 5.78 Å². The maximum absolute atomic E-state index is 13.2. The van der Waals surface area contributed by atoms with Gasteiger partial charge in [-0.05, 0) is 38.0 Å². The highest BCUT2D eigenvalue weighted by Gasteiger charge is 2.46. The molecule has 2 aliphatic heterocycles. The average molecular weight is 535 g/mol. The first-order chi connectivity index (χ1) is 17.9. The lowest BCUT2D eigenvalue weighted by Gasteiger charge is -2.40. The third kappa shape index (κ3) is 5.01. The summed E-state index contributed by atoms with van der Waals surface area (Å²) >= 11 is 0. The van der Waals surface area contributed by atoms with Crippen LogP contribution in [-0.4, -0.2) is 90.1 Å². The normalized spacial score (nSPS) is 28.8. The first-order valence-corrected chi connectivity index (χ1v) is 11.8. The van der Waals surface area contributed by atoms with Crippen molar-refractivity contribution in [3.63, 3.8) is 0 Å². The van der Waals surface area contributed by atoms with E-state index in [-0.39, 0.29) is 34.6 Å². The van der Waals surface area contributed by atoms with Gasteiger partial charge in [-0.1, -0.05) is 17.7 Å². The highest BCUT2D eigenvalue weighted by Crippen LogP contribution is 2.46. The molecule has 12 heteroatoms. The van der Waals surface area contributed by atoms with Crippen LogP contribution in [0.3, 0.4) is 0 Å². The lowest BCUT2D eigenvalue weighted by molar-refractivity contribution is -0.277. The minimum absolute atomic E-state index is 0.0623. The molecule has 8 N–H and O–H groups in total. The number of aromatic hydroxyl groups is 3. The minimum Gasteiger partial charge on any atom is -0.507 e. The number of ether oxygens (including phenoxy) is 3. The van der Waals surface area contributed by atoms with Crippen LogP contribution in [0.5, 0.6) is 28.7 Å². The Balaban J connectivity index is 1.78. The second-order valence-electron chi connectivity index (χ2n) is 9.47. The van der Waals surface area contributed by atoms with E-state index in [1.807, 2.05) is 13.8 Å². The van der Waals surface area contributed by atoms with Crippen LogP contribution >= 0.6 is 0 Å². The number of hydrogen-bond donors (Lipinski definition) is 8. The first-order valence-electron chi connectivity index (χ1n) is 11.8. The Morgan fingerprint density at radius 1 is 1.00 bits per heavy atom. The van der Waals surface area contributed by atoms with Gasteiger partial charge < -0.3 is 55.1 Å². The van der Waals surface area contributed by atoms with Crippen molar-refractivity contribution in [2.24, 2.45) is 0 Å². The number of hydrogen-bond acceptors (Lipinski definition) is 12. The van der Waals surface area contributed by atoms with Crippen LogP contribution in [0, 0.1) is 0 Å². The fourth-order valence-corrected chi connectivity index (χ4v) is 4.35. The fraction of sp³-hybridized carbons (Fsp3) is 0.423. The maximum atomic E-state index is 13.2. The molecule has 0 unspecified atom stereocenters. The van der Waals surface area contributed by atoms with Crippen molar-refractivity contribution in [2.45, 2.75) is 63.2 Å². The monoisotopic (exact) mass is 534 g/mol. The average Bonchev–Trinajstić information content (AvgIpc) is 2.87. The molecule has 2 aromatic rings. The van der Waals surface area contributed by atoms with Crippen LogP contribution in [0.25, 0.3) is 0 Å². The van der Waals surface area contributed by atoms with E-state index in [0.29, 0.717) is 0 Å². The number of aliphatic hydroxyl groups excluding tert-OH is 5. The van der Waals surface area contributed by atoms with Crippen molar-refractivity contribution in [1.82, 2.24) is 0 Å². The molecule has 12 nitrogen and oxygen atoms in total. The standard InChI is InChI=1S/C26H30O12/c1-10(2)3-5-12-15(37-26-24(35)22(33)20(31)17(9-27)38-26)8-16-18(19(12)30)21(32)23(34)25(36-16)11-4-6-13(28)14(29)7-11/h3-4,6-8,17,20,22-31,33-35H,5,9H2,1-2H3/t17-,20+,22-,23-,24-,25+,26+/m1/s1. The van der Waals surface area contributed by atoms with Crippen LogP contribution in [-0.2, 0) is 11.2 Å². The number of aliphatic hydroxyl groups is 5. The number of Topliss-reactive ketones (excluding diaryl/α,β-unsaturated/α-hetero) is 1. The van der Waals surface area contributed by atoms with Crippen molar-refractivity contribution in [1.29, 1.82) is 0 Å².